The Kier molecular flexibility index (Phi) is 5.07. The van der Waals surface area contributed by atoms with Crippen LogP contribution in [0.2, 0.25) is 0 Å². The third kappa shape index (κ3) is 3.87. The number of aliphatic hydroxyl groups is 1. The van der Waals surface area contributed by atoms with Crippen LogP contribution in [0.15, 0.2) is 6.20 Å². The van der Waals surface area contributed by atoms with Gasteiger partial charge in [-0.2, -0.15) is 0 Å². The molecule has 0 bridgehead atoms. The molecule has 0 radical (unpaired) electrons. The van der Waals surface area contributed by atoms with Crippen molar-refractivity contribution in [2.75, 3.05) is 26.3 Å². The molecule has 2 amide bonds. The molecule has 2 saturated heterocycles. The van der Waals surface area contributed by atoms with E-state index in [9.17, 15) is 19.1 Å². The van der Waals surface area contributed by atoms with Crippen LogP contribution in [0.1, 0.15) is 28.9 Å². The highest BCUT2D eigenvalue weighted by molar-refractivity contribution is 7.07. The van der Waals surface area contributed by atoms with Crippen molar-refractivity contribution in [3.8, 4) is 0 Å². The van der Waals surface area contributed by atoms with Gasteiger partial charge in [-0.05, 0) is 18.0 Å². The summed E-state index contributed by atoms with van der Waals surface area (Å²) in [6.45, 7) is 0.799. The molecule has 0 saturated carbocycles. The van der Waals surface area contributed by atoms with Gasteiger partial charge in [-0.15, -0.1) is 5.10 Å². The van der Waals surface area contributed by atoms with Gasteiger partial charge in [0, 0.05) is 19.6 Å². The number of aromatic nitrogens is 2. The minimum absolute atomic E-state index is 0.0662. The Morgan fingerprint density at radius 2 is 2.42 bits per heavy atom. The van der Waals surface area contributed by atoms with Gasteiger partial charge in [0.2, 0.25) is 5.91 Å². The van der Waals surface area contributed by atoms with Crippen molar-refractivity contribution in [2.24, 2.45) is 0 Å². The van der Waals surface area contributed by atoms with E-state index in [1.165, 1.54) is 11.1 Å². The molecule has 2 N–H and O–H groups in total. The van der Waals surface area contributed by atoms with Crippen LogP contribution in [0.5, 0.6) is 0 Å². The number of alkyl halides is 1. The lowest BCUT2D eigenvalue weighted by Gasteiger charge is -2.36. The van der Waals surface area contributed by atoms with Crippen LogP contribution in [0.25, 0.3) is 0 Å². The van der Waals surface area contributed by atoms with E-state index in [1.807, 2.05) is 0 Å². The van der Waals surface area contributed by atoms with Crippen LogP contribution in [0.4, 0.5) is 4.39 Å². The second kappa shape index (κ2) is 7.08. The second-order valence-corrected chi connectivity index (χ2v) is 7.00. The first-order valence-corrected chi connectivity index (χ1v) is 8.54. The summed E-state index contributed by atoms with van der Waals surface area (Å²) in [5, 5.41) is 16.4. The average molecular weight is 358 g/mol. The maximum absolute atomic E-state index is 14.3. The Morgan fingerprint density at radius 1 is 1.58 bits per heavy atom. The minimum atomic E-state index is -1.36. The standard InChI is InChI=1S/C14H19FN4O4S/c15-9-7-19(12(20)5-14(22)2-4-23-8-14)3-1-10(9)17-13(21)11-6-16-18-24-11/h6,9-10,22H,1-5,7-8H2,(H,17,21). The number of rotatable bonds is 4. The Bertz CT molecular complexity index is 594. The number of halogens is 1. The van der Waals surface area contributed by atoms with Crippen molar-refractivity contribution in [3.63, 3.8) is 0 Å². The quantitative estimate of drug-likeness (QED) is 0.769. The van der Waals surface area contributed by atoms with Gasteiger partial charge in [-0.25, -0.2) is 4.39 Å². The summed E-state index contributed by atoms with van der Waals surface area (Å²) in [4.78, 5) is 25.9. The van der Waals surface area contributed by atoms with E-state index in [-0.39, 0.29) is 25.5 Å². The number of amides is 2. The zero-order valence-electron chi connectivity index (χ0n) is 13.0. The molecule has 0 spiro atoms. The number of piperidine rings is 1. The van der Waals surface area contributed by atoms with E-state index in [4.69, 9.17) is 4.74 Å². The molecule has 1 aromatic heterocycles. The van der Waals surface area contributed by atoms with Crippen molar-refractivity contribution in [1.29, 1.82) is 0 Å². The largest absolute Gasteiger partial charge is 0.387 e. The predicted octanol–water partition coefficient (Wildman–Crippen LogP) is -0.252. The summed E-state index contributed by atoms with van der Waals surface area (Å²) >= 11 is 0.944. The molecular formula is C14H19FN4O4S. The molecule has 3 heterocycles. The van der Waals surface area contributed by atoms with Crippen molar-refractivity contribution >= 4 is 23.3 Å². The Morgan fingerprint density at radius 3 is 3.04 bits per heavy atom. The first-order valence-electron chi connectivity index (χ1n) is 7.77. The van der Waals surface area contributed by atoms with Crippen molar-refractivity contribution in [1.82, 2.24) is 19.8 Å². The van der Waals surface area contributed by atoms with Crippen LogP contribution in [0, 0.1) is 0 Å². The van der Waals surface area contributed by atoms with Crippen LogP contribution in [0.3, 0.4) is 0 Å². The molecular weight excluding hydrogens is 339 g/mol. The molecule has 1 aromatic rings. The Labute approximate surface area is 142 Å². The zero-order valence-corrected chi connectivity index (χ0v) is 13.8. The fraction of sp³-hybridized carbons (Fsp3) is 0.714. The van der Waals surface area contributed by atoms with Gasteiger partial charge in [0.25, 0.3) is 5.91 Å². The lowest BCUT2D eigenvalue weighted by atomic mass is 9.96. The summed E-state index contributed by atoms with van der Waals surface area (Å²) in [5.74, 6) is -0.697. The van der Waals surface area contributed by atoms with Gasteiger partial charge in [0.05, 0.1) is 37.4 Å². The van der Waals surface area contributed by atoms with Gasteiger partial charge in [-0.1, -0.05) is 4.49 Å². The molecule has 10 heteroatoms. The van der Waals surface area contributed by atoms with E-state index in [0.717, 1.165) is 11.5 Å². The minimum Gasteiger partial charge on any atom is -0.387 e. The maximum atomic E-state index is 14.3. The maximum Gasteiger partial charge on any atom is 0.264 e. The van der Waals surface area contributed by atoms with E-state index in [1.54, 1.807) is 0 Å². The monoisotopic (exact) mass is 358 g/mol. The number of carbonyl (C=O) groups excluding carboxylic acids is 2. The number of nitrogens with one attached hydrogen (secondary N) is 1. The van der Waals surface area contributed by atoms with Crippen LogP contribution >= 0.6 is 11.5 Å². The van der Waals surface area contributed by atoms with Gasteiger partial charge in [0.1, 0.15) is 11.0 Å². The van der Waals surface area contributed by atoms with Crippen LogP contribution < -0.4 is 5.32 Å². The highest BCUT2D eigenvalue weighted by Gasteiger charge is 2.38. The molecule has 0 aliphatic carbocycles. The number of ether oxygens (including phenoxy) is 1. The zero-order chi connectivity index (χ0) is 17.2. The number of hydrogen-bond donors (Lipinski definition) is 2. The van der Waals surface area contributed by atoms with E-state index >= 15 is 0 Å². The molecule has 132 valence electrons. The lowest BCUT2D eigenvalue weighted by molar-refractivity contribution is -0.139. The lowest BCUT2D eigenvalue weighted by Crippen LogP contribution is -2.54. The highest BCUT2D eigenvalue weighted by atomic mass is 32.1. The van der Waals surface area contributed by atoms with Crippen molar-refractivity contribution in [2.45, 2.75) is 37.1 Å². The molecule has 0 aromatic carbocycles. The smallest absolute Gasteiger partial charge is 0.264 e. The van der Waals surface area contributed by atoms with Gasteiger partial charge in [0.15, 0.2) is 0 Å². The van der Waals surface area contributed by atoms with E-state index < -0.39 is 23.7 Å². The summed E-state index contributed by atoms with van der Waals surface area (Å²) < 4.78 is 23.1. The fourth-order valence-electron chi connectivity index (χ4n) is 2.93. The second-order valence-electron chi connectivity index (χ2n) is 6.21. The first kappa shape index (κ1) is 17.2. The predicted molar refractivity (Wildman–Crippen MR) is 82.3 cm³/mol. The molecule has 2 aliphatic rings. The van der Waals surface area contributed by atoms with Gasteiger partial charge >= 0.3 is 0 Å². The number of carbonyl (C=O) groups is 2. The molecule has 3 unspecified atom stereocenters. The topological polar surface area (TPSA) is 105 Å². The van der Waals surface area contributed by atoms with Gasteiger partial charge in [-0.3, -0.25) is 9.59 Å². The third-order valence-corrected chi connectivity index (χ3v) is 5.02. The average Bonchev–Trinajstić information content (AvgIpc) is 3.21. The van der Waals surface area contributed by atoms with Crippen LogP contribution in [-0.4, -0.2) is 75.5 Å². The Balaban J connectivity index is 1.51. The van der Waals surface area contributed by atoms with E-state index in [0.29, 0.717) is 30.9 Å². The molecule has 2 aliphatic heterocycles. The van der Waals surface area contributed by atoms with Gasteiger partial charge < -0.3 is 20.1 Å². The molecule has 3 atom stereocenters. The Hall–Kier alpha value is -1.65. The van der Waals surface area contributed by atoms with Crippen molar-refractivity contribution < 1.29 is 23.8 Å². The molecule has 24 heavy (non-hydrogen) atoms. The summed E-state index contributed by atoms with van der Waals surface area (Å²) in [6.07, 6.45) is 0.633. The van der Waals surface area contributed by atoms with Crippen LogP contribution in [-0.2, 0) is 9.53 Å². The summed E-state index contributed by atoms with van der Waals surface area (Å²) in [5.41, 5.74) is -1.15. The normalized spacial score (nSPS) is 30.3. The highest BCUT2D eigenvalue weighted by Crippen LogP contribution is 2.24. The molecule has 3 rings (SSSR count). The van der Waals surface area contributed by atoms with E-state index in [2.05, 4.69) is 14.9 Å². The first-order chi connectivity index (χ1) is 11.5. The summed E-state index contributed by atoms with van der Waals surface area (Å²) in [7, 11) is 0. The number of nitrogens with zero attached hydrogens (tertiary/aromatic N) is 3. The molecule has 8 nitrogen and oxygen atoms in total. The SMILES string of the molecule is O=C(NC1CCN(C(=O)CC2(O)CCOC2)CC1F)c1cnns1. The summed E-state index contributed by atoms with van der Waals surface area (Å²) in [6, 6.07) is -0.651. The molecule has 2 fully saturated rings. The van der Waals surface area contributed by atoms with Crippen molar-refractivity contribution in [3.05, 3.63) is 11.1 Å². The fourth-order valence-corrected chi connectivity index (χ4v) is 3.35. The third-order valence-electron chi connectivity index (χ3n) is 4.36. The number of hydrogen-bond acceptors (Lipinski definition) is 7. The number of likely N-dealkylation sites (tertiary alicyclic amines) is 1.